The summed E-state index contributed by atoms with van der Waals surface area (Å²) in [6.45, 7) is 2.50. The first-order chi connectivity index (χ1) is 6.31. The van der Waals surface area contributed by atoms with Crippen molar-refractivity contribution in [2.75, 3.05) is 5.75 Å². The molecule has 0 amide bonds. The maximum absolute atomic E-state index is 9.77. The van der Waals surface area contributed by atoms with Crippen LogP contribution < -0.4 is 5.48 Å². The zero-order chi connectivity index (χ0) is 9.94. The molecule has 0 saturated heterocycles. The van der Waals surface area contributed by atoms with E-state index in [4.69, 9.17) is 12.2 Å². The van der Waals surface area contributed by atoms with Crippen LogP contribution >= 0.6 is 24.0 Å². The van der Waals surface area contributed by atoms with Crippen LogP contribution in [0.5, 0.6) is 0 Å². The van der Waals surface area contributed by atoms with E-state index in [0.29, 0.717) is 10.8 Å². The molecular weight excluding hydrogens is 206 g/mol. The van der Waals surface area contributed by atoms with Gasteiger partial charge in [-0.2, -0.15) is 0 Å². The van der Waals surface area contributed by atoms with Crippen molar-refractivity contribution in [3.05, 3.63) is 0 Å². The van der Waals surface area contributed by atoms with Gasteiger partial charge in [-0.1, -0.05) is 37.9 Å². The summed E-state index contributed by atoms with van der Waals surface area (Å²) in [5.74, 6) is 0.980. The van der Waals surface area contributed by atoms with Gasteiger partial charge in [0.25, 0.3) is 0 Å². The van der Waals surface area contributed by atoms with E-state index in [0.717, 1.165) is 12.2 Å². The highest BCUT2D eigenvalue weighted by atomic mass is 32.2. The van der Waals surface area contributed by atoms with Gasteiger partial charge in [-0.15, -0.1) is 0 Å². The lowest BCUT2D eigenvalue weighted by Crippen LogP contribution is -2.18. The third-order valence-electron chi connectivity index (χ3n) is 1.42. The Balaban J connectivity index is 3.12. The van der Waals surface area contributed by atoms with E-state index < -0.39 is 0 Å². The Labute approximate surface area is 88.6 Å². The van der Waals surface area contributed by atoms with Gasteiger partial charge >= 0.3 is 6.47 Å². The van der Waals surface area contributed by atoms with Gasteiger partial charge < -0.3 is 4.84 Å². The number of carbonyl (C=O) groups excluding carboxylic acids is 1. The predicted molar refractivity (Wildman–Crippen MR) is 59.5 cm³/mol. The molecule has 0 heterocycles. The van der Waals surface area contributed by atoms with E-state index in [1.165, 1.54) is 31.0 Å². The highest BCUT2D eigenvalue weighted by Crippen LogP contribution is 2.08. The second kappa shape index (κ2) is 9.80. The lowest BCUT2D eigenvalue weighted by molar-refractivity contribution is -0.132. The first-order valence-corrected chi connectivity index (χ1v) is 5.72. The van der Waals surface area contributed by atoms with Crippen LogP contribution in [0.25, 0.3) is 0 Å². The van der Waals surface area contributed by atoms with Crippen LogP contribution in [0.2, 0.25) is 0 Å². The zero-order valence-electron chi connectivity index (χ0n) is 7.75. The summed E-state index contributed by atoms with van der Waals surface area (Å²) in [6, 6.07) is 0. The van der Waals surface area contributed by atoms with Gasteiger partial charge in [0.1, 0.15) is 0 Å². The molecule has 0 fully saturated rings. The van der Waals surface area contributed by atoms with Crippen LogP contribution in [0.4, 0.5) is 0 Å². The quantitative estimate of drug-likeness (QED) is 0.309. The number of unbranched alkanes of at least 4 members (excludes halogenated alkanes) is 3. The van der Waals surface area contributed by atoms with E-state index in [1.807, 2.05) is 0 Å². The van der Waals surface area contributed by atoms with Gasteiger partial charge in [-0.25, -0.2) is 5.48 Å². The topological polar surface area (TPSA) is 38.3 Å². The van der Waals surface area contributed by atoms with Crippen molar-refractivity contribution < 1.29 is 9.63 Å². The largest absolute Gasteiger partial charge is 0.346 e. The Morgan fingerprint density at radius 3 is 2.92 bits per heavy atom. The van der Waals surface area contributed by atoms with E-state index in [9.17, 15) is 4.79 Å². The van der Waals surface area contributed by atoms with Crippen LogP contribution in [0.3, 0.4) is 0 Å². The van der Waals surface area contributed by atoms with Crippen molar-refractivity contribution in [1.29, 1.82) is 0 Å². The molecule has 0 aliphatic rings. The van der Waals surface area contributed by atoms with Crippen LogP contribution in [0, 0.1) is 0 Å². The maximum Gasteiger partial charge on any atom is 0.320 e. The standard InChI is InChI=1S/C8H15NO2S2/c1-2-3-4-5-6-13-8(12)9-11-7-10/h7H,2-6H2,1H3,(H,9,12). The second-order valence-corrected chi connectivity index (χ2v) is 4.28. The van der Waals surface area contributed by atoms with Crippen LogP contribution in [0.15, 0.2) is 0 Å². The molecule has 76 valence electrons. The van der Waals surface area contributed by atoms with Crippen molar-refractivity contribution >= 4 is 34.8 Å². The average Bonchev–Trinajstić information content (AvgIpc) is 2.14. The molecule has 0 bridgehead atoms. The number of thioether (sulfide) groups is 1. The molecule has 0 radical (unpaired) electrons. The summed E-state index contributed by atoms with van der Waals surface area (Å²) in [6.07, 6.45) is 4.90. The molecule has 0 saturated carbocycles. The van der Waals surface area contributed by atoms with E-state index >= 15 is 0 Å². The molecule has 5 heteroatoms. The monoisotopic (exact) mass is 221 g/mol. The van der Waals surface area contributed by atoms with Gasteiger partial charge in [-0.05, 0) is 18.6 Å². The second-order valence-electron chi connectivity index (χ2n) is 2.51. The van der Waals surface area contributed by atoms with E-state index in [2.05, 4.69) is 17.2 Å². The minimum absolute atomic E-state index is 0.323. The van der Waals surface area contributed by atoms with E-state index in [1.54, 1.807) is 0 Å². The number of nitrogens with one attached hydrogen (secondary N) is 1. The molecule has 13 heavy (non-hydrogen) atoms. The van der Waals surface area contributed by atoms with Crippen molar-refractivity contribution in [3.63, 3.8) is 0 Å². The summed E-state index contributed by atoms with van der Waals surface area (Å²) in [5.41, 5.74) is 2.35. The fourth-order valence-electron chi connectivity index (χ4n) is 0.795. The summed E-state index contributed by atoms with van der Waals surface area (Å²) in [5, 5.41) is 0. The molecule has 0 rings (SSSR count). The third kappa shape index (κ3) is 9.63. The maximum atomic E-state index is 9.77. The molecule has 0 aliphatic carbocycles. The Hall–Kier alpha value is -0.290. The lowest BCUT2D eigenvalue weighted by Gasteiger charge is -2.03. The minimum atomic E-state index is 0.323. The molecule has 1 N–H and O–H groups in total. The summed E-state index contributed by atoms with van der Waals surface area (Å²) >= 11 is 6.37. The van der Waals surface area contributed by atoms with Crippen molar-refractivity contribution in [2.24, 2.45) is 0 Å². The van der Waals surface area contributed by atoms with Crippen molar-refractivity contribution in [2.45, 2.75) is 32.6 Å². The Morgan fingerprint density at radius 2 is 2.31 bits per heavy atom. The molecule has 0 atom stereocenters. The van der Waals surface area contributed by atoms with Gasteiger partial charge in [0, 0.05) is 5.75 Å². The van der Waals surface area contributed by atoms with Gasteiger partial charge in [-0.3, -0.25) is 4.79 Å². The molecule has 0 spiro atoms. The average molecular weight is 221 g/mol. The molecular formula is C8H15NO2S2. The van der Waals surface area contributed by atoms with Crippen LogP contribution in [0.1, 0.15) is 32.6 Å². The SMILES string of the molecule is CCCCCCSC(=S)NOC=O. The van der Waals surface area contributed by atoms with E-state index in [-0.39, 0.29) is 0 Å². The molecule has 0 aliphatic heterocycles. The summed E-state index contributed by atoms with van der Waals surface area (Å²) in [7, 11) is 0. The Bertz CT molecular complexity index is 153. The Kier molecular flexibility index (Phi) is 9.58. The number of rotatable bonds is 7. The van der Waals surface area contributed by atoms with Gasteiger partial charge in [0.2, 0.25) is 0 Å². The number of carbonyl (C=O) groups is 1. The van der Waals surface area contributed by atoms with Gasteiger partial charge in [0.05, 0.1) is 0 Å². The first-order valence-electron chi connectivity index (χ1n) is 4.33. The summed E-state index contributed by atoms with van der Waals surface area (Å²) in [4.78, 5) is 14.1. The lowest BCUT2D eigenvalue weighted by atomic mass is 10.2. The smallest absolute Gasteiger partial charge is 0.320 e. The fourth-order valence-corrected chi connectivity index (χ4v) is 1.73. The Morgan fingerprint density at radius 1 is 1.54 bits per heavy atom. The number of hydrogen-bond acceptors (Lipinski definition) is 4. The molecule has 0 aromatic carbocycles. The van der Waals surface area contributed by atoms with Crippen LogP contribution in [-0.2, 0) is 9.63 Å². The number of thiocarbonyl (C=S) groups is 1. The predicted octanol–water partition coefficient (Wildman–Crippen LogP) is 2.26. The normalized spacial score (nSPS) is 9.31. The fraction of sp³-hybridized carbons (Fsp3) is 0.750. The third-order valence-corrected chi connectivity index (χ3v) is 2.70. The molecule has 3 nitrogen and oxygen atoms in total. The summed E-state index contributed by atoms with van der Waals surface area (Å²) < 4.78 is 0.517. The first kappa shape index (κ1) is 12.7. The van der Waals surface area contributed by atoms with Crippen molar-refractivity contribution in [1.82, 2.24) is 5.48 Å². The molecule has 0 aromatic heterocycles. The molecule has 0 aromatic rings. The van der Waals surface area contributed by atoms with Crippen molar-refractivity contribution in [3.8, 4) is 0 Å². The number of hydroxylamine groups is 1. The minimum Gasteiger partial charge on any atom is -0.346 e. The van der Waals surface area contributed by atoms with Gasteiger partial charge in [0.15, 0.2) is 4.32 Å². The highest BCUT2D eigenvalue weighted by Gasteiger charge is 1.96. The zero-order valence-corrected chi connectivity index (χ0v) is 9.38. The highest BCUT2D eigenvalue weighted by molar-refractivity contribution is 8.22. The number of hydrogen-bond donors (Lipinski definition) is 1. The molecule has 0 unspecified atom stereocenters. The van der Waals surface area contributed by atoms with Crippen LogP contribution in [-0.4, -0.2) is 16.5 Å².